The van der Waals surface area contributed by atoms with Crippen LogP contribution in [0.4, 0.5) is 11.4 Å². The van der Waals surface area contributed by atoms with E-state index in [2.05, 4.69) is 10.6 Å². The van der Waals surface area contributed by atoms with Crippen molar-refractivity contribution in [2.75, 3.05) is 17.2 Å². The molecule has 0 spiro atoms. The lowest BCUT2D eigenvalue weighted by molar-refractivity contribution is -0.119. The maximum absolute atomic E-state index is 12.3. The number of carbonyl (C=O) groups excluding carboxylic acids is 2. The van der Waals surface area contributed by atoms with Crippen LogP contribution in [0, 0.1) is 17.8 Å². The van der Waals surface area contributed by atoms with Crippen molar-refractivity contribution < 1.29 is 14.3 Å². The average Bonchev–Trinajstić information content (AvgIpc) is 3.18. The third-order valence-corrected chi connectivity index (χ3v) is 5.20. The zero-order valence-corrected chi connectivity index (χ0v) is 12.8. The quantitative estimate of drug-likeness (QED) is 0.899. The number of nitrogens with one attached hydrogen (secondary N) is 2. The predicted octanol–water partition coefficient (Wildman–Crippen LogP) is 3.05. The van der Waals surface area contributed by atoms with Gasteiger partial charge in [0.25, 0.3) is 5.91 Å². The highest BCUT2D eigenvalue weighted by Gasteiger charge is 2.48. The average molecular weight is 321 g/mol. The molecule has 116 valence electrons. The van der Waals surface area contributed by atoms with Crippen LogP contribution in [0.1, 0.15) is 25.7 Å². The number of ether oxygens (including phenoxy) is 1. The Morgan fingerprint density at radius 3 is 2.91 bits per heavy atom. The van der Waals surface area contributed by atoms with Crippen LogP contribution in [0.15, 0.2) is 12.1 Å². The van der Waals surface area contributed by atoms with Gasteiger partial charge in [0.2, 0.25) is 5.91 Å². The van der Waals surface area contributed by atoms with Gasteiger partial charge in [0.15, 0.2) is 6.61 Å². The molecule has 2 fully saturated rings. The standard InChI is InChI=1S/C16H17ClN2O3/c17-11-5-13-14(22-7-15(20)18-13)6-12(11)19-16(21)10-4-9(10)8-2-1-3-8/h5-6,8-10H,1-4,7H2,(H,18,20)(H,19,21)/t9-,10-/m0/s1. The van der Waals surface area contributed by atoms with Gasteiger partial charge in [-0.25, -0.2) is 0 Å². The van der Waals surface area contributed by atoms with Gasteiger partial charge in [-0.1, -0.05) is 30.9 Å². The largest absolute Gasteiger partial charge is 0.482 e. The number of carbonyl (C=O) groups is 2. The summed E-state index contributed by atoms with van der Waals surface area (Å²) in [7, 11) is 0. The van der Waals surface area contributed by atoms with Gasteiger partial charge >= 0.3 is 0 Å². The van der Waals surface area contributed by atoms with Crippen LogP contribution in [-0.4, -0.2) is 18.4 Å². The van der Waals surface area contributed by atoms with E-state index in [1.165, 1.54) is 19.3 Å². The van der Waals surface area contributed by atoms with Gasteiger partial charge in [-0.2, -0.15) is 0 Å². The topological polar surface area (TPSA) is 67.4 Å². The summed E-state index contributed by atoms with van der Waals surface area (Å²) < 4.78 is 5.35. The summed E-state index contributed by atoms with van der Waals surface area (Å²) in [5.41, 5.74) is 1.08. The lowest BCUT2D eigenvalue weighted by Crippen LogP contribution is -2.25. The van der Waals surface area contributed by atoms with Gasteiger partial charge in [0.05, 0.1) is 16.4 Å². The summed E-state index contributed by atoms with van der Waals surface area (Å²) in [6, 6.07) is 3.29. The number of hydrogen-bond donors (Lipinski definition) is 2. The summed E-state index contributed by atoms with van der Waals surface area (Å²) in [6.45, 7) is -0.0194. The number of hydrogen-bond acceptors (Lipinski definition) is 3. The van der Waals surface area contributed by atoms with Gasteiger partial charge in [0.1, 0.15) is 5.75 Å². The van der Waals surface area contributed by atoms with Gasteiger partial charge in [0, 0.05) is 12.0 Å². The maximum Gasteiger partial charge on any atom is 0.262 e. The highest BCUT2D eigenvalue weighted by atomic mass is 35.5. The van der Waals surface area contributed by atoms with Gasteiger partial charge in [-0.05, 0) is 24.3 Å². The monoisotopic (exact) mass is 320 g/mol. The summed E-state index contributed by atoms with van der Waals surface area (Å²) in [5.74, 6) is 1.79. The van der Waals surface area contributed by atoms with Crippen molar-refractivity contribution in [3.8, 4) is 5.75 Å². The molecule has 0 aromatic heterocycles. The Bertz CT molecular complexity index is 657. The number of benzene rings is 1. The Kier molecular flexibility index (Phi) is 3.26. The van der Waals surface area contributed by atoms with Crippen molar-refractivity contribution in [2.45, 2.75) is 25.7 Å². The highest BCUT2D eigenvalue weighted by Crippen LogP contribution is 2.52. The van der Waals surface area contributed by atoms with Crippen LogP contribution in [0.2, 0.25) is 5.02 Å². The molecule has 2 amide bonds. The lowest BCUT2D eigenvalue weighted by Gasteiger charge is -2.25. The molecule has 3 aliphatic rings. The fraction of sp³-hybridized carbons (Fsp3) is 0.500. The molecule has 5 nitrogen and oxygen atoms in total. The zero-order chi connectivity index (χ0) is 15.3. The van der Waals surface area contributed by atoms with E-state index in [4.69, 9.17) is 16.3 Å². The fourth-order valence-corrected chi connectivity index (χ4v) is 3.54. The van der Waals surface area contributed by atoms with Gasteiger partial charge in [-0.15, -0.1) is 0 Å². The Labute approximate surface area is 133 Å². The molecule has 0 bridgehead atoms. The fourth-order valence-electron chi connectivity index (χ4n) is 3.33. The molecular formula is C16H17ClN2O3. The number of fused-ring (bicyclic) bond motifs is 1. The van der Waals surface area contributed by atoms with Crippen LogP contribution in [0.5, 0.6) is 5.75 Å². The minimum atomic E-state index is -0.207. The molecule has 2 N–H and O–H groups in total. The molecule has 1 aromatic carbocycles. The molecule has 0 saturated heterocycles. The molecule has 6 heteroatoms. The van der Waals surface area contributed by atoms with Crippen LogP contribution < -0.4 is 15.4 Å². The first-order valence-electron chi connectivity index (χ1n) is 7.69. The van der Waals surface area contributed by atoms with Crippen LogP contribution >= 0.6 is 11.6 Å². The van der Waals surface area contributed by atoms with Gasteiger partial charge < -0.3 is 15.4 Å². The summed E-state index contributed by atoms with van der Waals surface area (Å²) in [4.78, 5) is 23.6. The molecule has 1 aromatic rings. The molecule has 22 heavy (non-hydrogen) atoms. The number of halogens is 1. The van der Waals surface area contributed by atoms with Crippen molar-refractivity contribution in [1.82, 2.24) is 0 Å². The minimum Gasteiger partial charge on any atom is -0.482 e. The minimum absolute atomic E-state index is 0.0194. The normalized spacial score (nSPS) is 26.3. The number of amides is 2. The smallest absolute Gasteiger partial charge is 0.262 e. The first kappa shape index (κ1) is 13.9. The van der Waals surface area contributed by atoms with Crippen LogP contribution in [0.3, 0.4) is 0 Å². The second-order valence-electron chi connectivity index (χ2n) is 6.35. The van der Waals surface area contributed by atoms with E-state index in [0.717, 1.165) is 12.3 Å². The second-order valence-corrected chi connectivity index (χ2v) is 6.76. The molecule has 0 unspecified atom stereocenters. The zero-order valence-electron chi connectivity index (χ0n) is 12.0. The summed E-state index contributed by atoms with van der Waals surface area (Å²) in [5, 5.41) is 6.00. The van der Waals surface area contributed by atoms with E-state index in [1.54, 1.807) is 12.1 Å². The first-order chi connectivity index (χ1) is 10.6. The molecule has 4 rings (SSSR count). The SMILES string of the molecule is O=C1COc2cc(NC(=O)[C@H]3C[C@H]3C3CCC3)c(Cl)cc2N1. The number of anilines is 2. The van der Waals surface area contributed by atoms with Crippen molar-refractivity contribution in [2.24, 2.45) is 17.8 Å². The highest BCUT2D eigenvalue weighted by molar-refractivity contribution is 6.34. The van der Waals surface area contributed by atoms with Crippen molar-refractivity contribution in [3.63, 3.8) is 0 Å². The first-order valence-corrected chi connectivity index (χ1v) is 8.06. The van der Waals surface area contributed by atoms with E-state index < -0.39 is 0 Å². The van der Waals surface area contributed by atoms with E-state index in [1.807, 2.05) is 0 Å². The second kappa shape index (κ2) is 5.16. The predicted molar refractivity (Wildman–Crippen MR) is 83.1 cm³/mol. The Morgan fingerprint density at radius 1 is 1.36 bits per heavy atom. The van der Waals surface area contributed by atoms with Crippen molar-refractivity contribution in [1.29, 1.82) is 0 Å². The third-order valence-electron chi connectivity index (χ3n) is 4.89. The van der Waals surface area contributed by atoms with E-state index in [0.29, 0.717) is 28.1 Å². The Hall–Kier alpha value is -1.75. The molecule has 2 saturated carbocycles. The Balaban J connectivity index is 1.46. The lowest BCUT2D eigenvalue weighted by atomic mass is 9.81. The molecule has 2 atom stereocenters. The van der Waals surface area contributed by atoms with Gasteiger partial charge in [-0.3, -0.25) is 9.59 Å². The van der Waals surface area contributed by atoms with Crippen LogP contribution in [0.25, 0.3) is 0 Å². The molecule has 0 radical (unpaired) electrons. The van der Waals surface area contributed by atoms with Crippen LogP contribution in [-0.2, 0) is 9.59 Å². The van der Waals surface area contributed by atoms with Crippen molar-refractivity contribution in [3.05, 3.63) is 17.2 Å². The molecule has 2 aliphatic carbocycles. The van der Waals surface area contributed by atoms with E-state index in [-0.39, 0.29) is 24.3 Å². The van der Waals surface area contributed by atoms with E-state index >= 15 is 0 Å². The molecule has 1 aliphatic heterocycles. The molecule has 1 heterocycles. The number of rotatable bonds is 3. The third kappa shape index (κ3) is 2.43. The summed E-state index contributed by atoms with van der Waals surface area (Å²) in [6.07, 6.45) is 4.82. The molecular weight excluding hydrogens is 304 g/mol. The van der Waals surface area contributed by atoms with Crippen molar-refractivity contribution >= 4 is 34.8 Å². The maximum atomic E-state index is 12.3. The summed E-state index contributed by atoms with van der Waals surface area (Å²) >= 11 is 6.19. The Morgan fingerprint density at radius 2 is 2.18 bits per heavy atom. The van der Waals surface area contributed by atoms with E-state index in [9.17, 15) is 9.59 Å².